The first-order valence-electron chi connectivity index (χ1n) is 8.84. The van der Waals surface area contributed by atoms with Gasteiger partial charge in [-0.05, 0) is 38.3 Å². The molecule has 0 aliphatic carbocycles. The van der Waals surface area contributed by atoms with E-state index < -0.39 is 5.54 Å². The predicted molar refractivity (Wildman–Crippen MR) is 101 cm³/mol. The Morgan fingerprint density at radius 3 is 2.73 bits per heavy atom. The van der Waals surface area contributed by atoms with Crippen molar-refractivity contribution < 1.29 is 9.32 Å². The first-order chi connectivity index (χ1) is 12.0. The molecule has 26 heavy (non-hydrogen) atoms. The van der Waals surface area contributed by atoms with E-state index >= 15 is 0 Å². The maximum atomic E-state index is 12.6. The van der Waals surface area contributed by atoms with Gasteiger partial charge in [-0.3, -0.25) is 9.78 Å². The van der Waals surface area contributed by atoms with Crippen molar-refractivity contribution in [1.29, 1.82) is 0 Å². The van der Waals surface area contributed by atoms with Crippen LogP contribution in [0.1, 0.15) is 51.3 Å². The van der Waals surface area contributed by atoms with Crippen molar-refractivity contribution in [2.24, 2.45) is 5.73 Å². The highest BCUT2D eigenvalue weighted by Crippen LogP contribution is 2.29. The summed E-state index contributed by atoms with van der Waals surface area (Å²) in [4.78, 5) is 23.2. The van der Waals surface area contributed by atoms with E-state index in [0.29, 0.717) is 36.9 Å². The smallest absolute Gasteiger partial charge is 0.242 e. The Kier molecular flexibility index (Phi) is 6.72. The Morgan fingerprint density at radius 2 is 2.12 bits per heavy atom. The molecule has 0 bridgehead atoms. The van der Waals surface area contributed by atoms with E-state index in [9.17, 15) is 4.79 Å². The fourth-order valence-electron chi connectivity index (χ4n) is 3.32. The summed E-state index contributed by atoms with van der Waals surface area (Å²) in [6, 6.07) is 5.59. The molecule has 2 aromatic heterocycles. The van der Waals surface area contributed by atoms with Gasteiger partial charge in [-0.2, -0.15) is 4.98 Å². The Bertz CT molecular complexity index is 711. The number of rotatable bonds is 5. The zero-order valence-corrected chi connectivity index (χ0v) is 16.0. The minimum absolute atomic E-state index is 0. The normalized spacial score (nSPS) is 17.4. The molecule has 1 saturated heterocycles. The van der Waals surface area contributed by atoms with Crippen LogP contribution in [0.4, 0.5) is 0 Å². The minimum Gasteiger partial charge on any atom is -0.341 e. The van der Waals surface area contributed by atoms with Crippen molar-refractivity contribution >= 4 is 18.3 Å². The van der Waals surface area contributed by atoms with Crippen LogP contribution in [0.2, 0.25) is 0 Å². The number of hydrogen-bond acceptors (Lipinski definition) is 6. The summed E-state index contributed by atoms with van der Waals surface area (Å²) < 4.78 is 5.43. The van der Waals surface area contributed by atoms with Crippen LogP contribution in [0, 0.1) is 0 Å². The molecule has 1 amide bonds. The van der Waals surface area contributed by atoms with E-state index in [0.717, 1.165) is 19.3 Å². The predicted octanol–water partition coefficient (Wildman–Crippen LogP) is 2.78. The summed E-state index contributed by atoms with van der Waals surface area (Å²) in [5.74, 6) is 1.33. The lowest BCUT2D eigenvalue weighted by molar-refractivity contribution is -0.137. The Labute approximate surface area is 159 Å². The molecule has 1 aliphatic heterocycles. The Hall–Kier alpha value is -1.99. The first kappa shape index (κ1) is 20.3. The van der Waals surface area contributed by atoms with Gasteiger partial charge in [-0.1, -0.05) is 24.6 Å². The van der Waals surface area contributed by atoms with Gasteiger partial charge in [-0.15, -0.1) is 12.4 Å². The number of likely N-dealkylation sites (tertiary alicyclic amines) is 1. The third-order valence-electron chi connectivity index (χ3n) is 4.73. The molecular weight excluding hydrogens is 354 g/mol. The average Bonchev–Trinajstić information content (AvgIpc) is 3.12. The summed E-state index contributed by atoms with van der Waals surface area (Å²) in [6.07, 6.45) is 4.90. The second-order valence-electron chi connectivity index (χ2n) is 6.91. The van der Waals surface area contributed by atoms with Crippen molar-refractivity contribution in [3.05, 3.63) is 30.3 Å². The summed E-state index contributed by atoms with van der Waals surface area (Å²) in [5, 5.41) is 4.03. The van der Waals surface area contributed by atoms with Gasteiger partial charge in [0, 0.05) is 25.2 Å². The molecule has 2 N–H and O–H groups in total. The van der Waals surface area contributed by atoms with Gasteiger partial charge in [0.05, 0.1) is 5.54 Å². The van der Waals surface area contributed by atoms with Crippen molar-refractivity contribution in [2.75, 3.05) is 13.1 Å². The fraction of sp³-hybridized carbons (Fsp3) is 0.556. The lowest BCUT2D eigenvalue weighted by Crippen LogP contribution is -2.54. The number of amides is 1. The van der Waals surface area contributed by atoms with E-state index in [-0.39, 0.29) is 24.2 Å². The molecule has 2 aromatic rings. The topological polar surface area (TPSA) is 98.1 Å². The molecule has 3 rings (SSSR count). The SMILES string of the molecule is CCCC(C)(N)C(=O)N1CCC(c2nc(-c3ccccn3)no2)CC1.Cl. The van der Waals surface area contributed by atoms with E-state index in [4.69, 9.17) is 10.3 Å². The molecule has 1 unspecified atom stereocenters. The maximum absolute atomic E-state index is 12.6. The zero-order valence-electron chi connectivity index (χ0n) is 15.2. The number of halogens is 1. The van der Waals surface area contributed by atoms with Crippen LogP contribution >= 0.6 is 12.4 Å². The second kappa shape index (κ2) is 8.60. The van der Waals surface area contributed by atoms with E-state index in [1.165, 1.54) is 0 Å². The molecule has 1 aliphatic rings. The quantitative estimate of drug-likeness (QED) is 0.857. The number of aromatic nitrogens is 3. The minimum atomic E-state index is -0.780. The number of hydrogen-bond donors (Lipinski definition) is 1. The lowest BCUT2D eigenvalue weighted by Gasteiger charge is -2.36. The van der Waals surface area contributed by atoms with Gasteiger partial charge in [0.15, 0.2) is 0 Å². The fourth-order valence-corrected chi connectivity index (χ4v) is 3.32. The molecule has 0 saturated carbocycles. The van der Waals surface area contributed by atoms with Gasteiger partial charge in [-0.25, -0.2) is 0 Å². The number of nitrogens with zero attached hydrogens (tertiary/aromatic N) is 4. The van der Waals surface area contributed by atoms with Crippen LogP contribution in [0.5, 0.6) is 0 Å². The summed E-state index contributed by atoms with van der Waals surface area (Å²) in [5.41, 5.74) is 6.09. The zero-order chi connectivity index (χ0) is 17.9. The summed E-state index contributed by atoms with van der Waals surface area (Å²) in [6.45, 7) is 5.20. The van der Waals surface area contributed by atoms with Crippen LogP contribution in [0.25, 0.3) is 11.5 Å². The van der Waals surface area contributed by atoms with Crippen molar-refractivity contribution in [3.63, 3.8) is 0 Å². The molecule has 142 valence electrons. The van der Waals surface area contributed by atoms with Crippen LogP contribution in [-0.4, -0.2) is 44.6 Å². The number of piperidine rings is 1. The van der Waals surface area contributed by atoms with Gasteiger partial charge < -0.3 is 15.2 Å². The Balaban J connectivity index is 0.00000243. The van der Waals surface area contributed by atoms with Crippen LogP contribution in [0.3, 0.4) is 0 Å². The highest BCUT2D eigenvalue weighted by molar-refractivity contribution is 5.86. The number of pyridine rings is 1. The maximum Gasteiger partial charge on any atom is 0.242 e. The van der Waals surface area contributed by atoms with E-state index in [1.807, 2.05) is 36.9 Å². The molecule has 8 heteroatoms. The molecule has 0 radical (unpaired) electrons. The van der Waals surface area contributed by atoms with Crippen molar-refractivity contribution in [2.45, 2.75) is 51.0 Å². The highest BCUT2D eigenvalue weighted by Gasteiger charge is 2.35. The van der Waals surface area contributed by atoms with E-state index in [2.05, 4.69) is 15.1 Å². The second-order valence-corrected chi connectivity index (χ2v) is 6.91. The molecule has 1 fully saturated rings. The Morgan fingerprint density at radius 1 is 1.38 bits per heavy atom. The third-order valence-corrected chi connectivity index (χ3v) is 4.73. The summed E-state index contributed by atoms with van der Waals surface area (Å²) >= 11 is 0. The lowest BCUT2D eigenvalue weighted by atomic mass is 9.92. The van der Waals surface area contributed by atoms with Crippen LogP contribution < -0.4 is 5.73 Å². The molecule has 3 heterocycles. The highest BCUT2D eigenvalue weighted by atomic mass is 35.5. The van der Waals surface area contributed by atoms with E-state index in [1.54, 1.807) is 6.20 Å². The molecule has 7 nitrogen and oxygen atoms in total. The van der Waals surface area contributed by atoms with Crippen molar-refractivity contribution in [1.82, 2.24) is 20.0 Å². The van der Waals surface area contributed by atoms with Gasteiger partial charge in [0.25, 0.3) is 0 Å². The number of carbonyl (C=O) groups excluding carboxylic acids is 1. The van der Waals surface area contributed by atoms with Crippen LogP contribution in [0.15, 0.2) is 28.9 Å². The standard InChI is InChI=1S/C18H25N5O2.ClH/c1-3-9-18(2,19)17(24)23-11-7-13(8-12-23)16-21-15(22-25-16)14-6-4-5-10-20-14;/h4-6,10,13H,3,7-9,11-12,19H2,1-2H3;1H. The monoisotopic (exact) mass is 379 g/mol. The molecule has 0 aromatic carbocycles. The van der Waals surface area contributed by atoms with Crippen LogP contribution in [-0.2, 0) is 4.79 Å². The molecular formula is C18H26ClN5O2. The number of carbonyl (C=O) groups is 1. The average molecular weight is 380 g/mol. The van der Waals surface area contributed by atoms with Crippen molar-refractivity contribution in [3.8, 4) is 11.5 Å². The van der Waals surface area contributed by atoms with Gasteiger partial charge in [0.1, 0.15) is 5.69 Å². The van der Waals surface area contributed by atoms with Gasteiger partial charge >= 0.3 is 0 Å². The molecule has 1 atom stereocenters. The largest absolute Gasteiger partial charge is 0.341 e. The third kappa shape index (κ3) is 4.40. The first-order valence-corrected chi connectivity index (χ1v) is 8.84. The number of nitrogens with two attached hydrogens (primary N) is 1. The summed E-state index contributed by atoms with van der Waals surface area (Å²) in [7, 11) is 0. The molecule has 0 spiro atoms. The van der Waals surface area contributed by atoms with Gasteiger partial charge in [0.2, 0.25) is 17.6 Å².